The van der Waals surface area contributed by atoms with E-state index in [1.165, 1.54) is 12.1 Å². The molecule has 0 N–H and O–H groups in total. The third-order valence-electron chi connectivity index (χ3n) is 7.26. The summed E-state index contributed by atoms with van der Waals surface area (Å²) < 4.78 is 41.8. The van der Waals surface area contributed by atoms with Gasteiger partial charge in [0.2, 0.25) is 0 Å². The number of rotatable bonds is 5. The second kappa shape index (κ2) is 10.9. The van der Waals surface area contributed by atoms with E-state index >= 15 is 0 Å². The normalized spacial score (nSPS) is 11.6. The summed E-state index contributed by atoms with van der Waals surface area (Å²) in [5.74, 6) is 1.79. The maximum absolute atomic E-state index is 13.3. The minimum Gasteiger partial charge on any atom is -0.291 e. The highest BCUT2D eigenvalue weighted by molar-refractivity contribution is 5.84. The zero-order valence-corrected chi connectivity index (χ0v) is 23.4. The van der Waals surface area contributed by atoms with Gasteiger partial charge in [0.1, 0.15) is 5.82 Å². The van der Waals surface area contributed by atoms with Gasteiger partial charge in [0.05, 0.1) is 28.5 Å². The summed E-state index contributed by atoms with van der Waals surface area (Å²) in [4.78, 5) is 23.4. The molecule has 0 saturated carbocycles. The summed E-state index contributed by atoms with van der Waals surface area (Å²) in [5.41, 5.74) is 5.73. The summed E-state index contributed by atoms with van der Waals surface area (Å²) >= 11 is 0. The van der Waals surface area contributed by atoms with Gasteiger partial charge in [-0.05, 0) is 49.4 Å². The van der Waals surface area contributed by atoms with E-state index in [0.717, 1.165) is 51.4 Å². The van der Waals surface area contributed by atoms with Crippen LogP contribution in [0.3, 0.4) is 0 Å². The Hall–Kier alpha value is -5.70. The van der Waals surface area contributed by atoms with E-state index in [9.17, 15) is 13.2 Å². The molecule has 0 atom stereocenters. The van der Waals surface area contributed by atoms with Crippen molar-refractivity contribution in [1.29, 1.82) is 0 Å². The highest BCUT2D eigenvalue weighted by Gasteiger charge is 2.30. The lowest BCUT2D eigenvalue weighted by Crippen LogP contribution is -2.05. The standard InChI is InChI=1S/C35H23F3N6/c1-22-11-13-23(14-12-22)31-41-32(24-15-17-27(18-16-24)35(36,37)38)43-33(42-31)25-6-4-7-26(20-25)34-40-29-9-2-3-10-30(29)44(34)28-8-5-19-39-21-28/h2-21H,1H3. The largest absolute Gasteiger partial charge is 0.416 e. The molecule has 214 valence electrons. The number of hydrogen-bond acceptors (Lipinski definition) is 5. The lowest BCUT2D eigenvalue weighted by Gasteiger charge is -2.12. The summed E-state index contributed by atoms with van der Waals surface area (Å²) in [7, 11) is 0. The fraction of sp³-hybridized carbons (Fsp3) is 0.0571. The van der Waals surface area contributed by atoms with Crippen molar-refractivity contribution in [2.45, 2.75) is 13.1 Å². The maximum Gasteiger partial charge on any atom is 0.416 e. The molecule has 0 unspecified atom stereocenters. The molecule has 0 saturated heterocycles. The Balaban J connectivity index is 1.38. The zero-order chi connectivity index (χ0) is 30.3. The van der Waals surface area contributed by atoms with Crippen LogP contribution in [0, 0.1) is 6.92 Å². The van der Waals surface area contributed by atoms with Crippen LogP contribution < -0.4 is 0 Å². The van der Waals surface area contributed by atoms with Crippen molar-refractivity contribution in [1.82, 2.24) is 29.5 Å². The van der Waals surface area contributed by atoms with E-state index in [-0.39, 0.29) is 5.82 Å². The quantitative estimate of drug-likeness (QED) is 0.203. The summed E-state index contributed by atoms with van der Waals surface area (Å²) in [5, 5.41) is 0. The minimum absolute atomic E-state index is 0.271. The number of para-hydroxylation sites is 2. The number of alkyl halides is 3. The van der Waals surface area contributed by atoms with Gasteiger partial charge in [-0.2, -0.15) is 13.2 Å². The summed E-state index contributed by atoms with van der Waals surface area (Å²) in [6.07, 6.45) is -0.927. The first-order valence-electron chi connectivity index (χ1n) is 13.8. The van der Waals surface area contributed by atoms with Crippen molar-refractivity contribution < 1.29 is 13.2 Å². The van der Waals surface area contributed by atoms with E-state index in [1.54, 1.807) is 12.4 Å². The molecule has 0 aliphatic rings. The highest BCUT2D eigenvalue weighted by atomic mass is 19.4. The first kappa shape index (κ1) is 27.2. The SMILES string of the molecule is Cc1ccc(-c2nc(-c3ccc(C(F)(F)F)cc3)nc(-c3cccc(-c4nc5ccccc5n4-c4cccnc4)c3)n2)cc1. The topological polar surface area (TPSA) is 69.4 Å². The second-order valence-corrected chi connectivity index (χ2v) is 10.3. The van der Waals surface area contributed by atoms with E-state index in [0.29, 0.717) is 22.8 Å². The fourth-order valence-corrected chi connectivity index (χ4v) is 5.04. The van der Waals surface area contributed by atoms with Crippen LogP contribution in [0.15, 0.2) is 122 Å². The van der Waals surface area contributed by atoms with E-state index in [4.69, 9.17) is 15.0 Å². The number of aromatic nitrogens is 6. The molecule has 44 heavy (non-hydrogen) atoms. The van der Waals surface area contributed by atoms with Crippen LogP contribution >= 0.6 is 0 Å². The average Bonchev–Trinajstić information content (AvgIpc) is 3.45. The number of halogens is 3. The van der Waals surface area contributed by atoms with Crippen LogP contribution in [0.25, 0.3) is 62.3 Å². The van der Waals surface area contributed by atoms with Crippen molar-refractivity contribution in [3.8, 4) is 51.2 Å². The molecule has 0 aliphatic heterocycles. The molecule has 0 amide bonds. The number of pyridine rings is 1. The van der Waals surface area contributed by atoms with Crippen LogP contribution in [-0.4, -0.2) is 29.5 Å². The van der Waals surface area contributed by atoms with Crippen LogP contribution in [0.5, 0.6) is 0 Å². The van der Waals surface area contributed by atoms with Gasteiger partial charge in [0, 0.05) is 28.5 Å². The number of aryl methyl sites for hydroxylation is 1. The van der Waals surface area contributed by atoms with Crippen LogP contribution in [0.2, 0.25) is 0 Å². The van der Waals surface area contributed by atoms with Gasteiger partial charge in [0.15, 0.2) is 17.5 Å². The molecule has 9 heteroatoms. The molecule has 0 spiro atoms. The molecule has 0 fully saturated rings. The Labute approximate surface area is 250 Å². The van der Waals surface area contributed by atoms with Gasteiger partial charge in [-0.1, -0.05) is 72.3 Å². The maximum atomic E-state index is 13.3. The molecule has 3 aromatic heterocycles. The fourth-order valence-electron chi connectivity index (χ4n) is 5.04. The van der Waals surface area contributed by atoms with Crippen molar-refractivity contribution in [2.75, 3.05) is 0 Å². The van der Waals surface area contributed by atoms with Crippen LogP contribution in [0.1, 0.15) is 11.1 Å². The van der Waals surface area contributed by atoms with E-state index in [2.05, 4.69) is 14.5 Å². The van der Waals surface area contributed by atoms with Gasteiger partial charge in [-0.25, -0.2) is 19.9 Å². The smallest absolute Gasteiger partial charge is 0.291 e. The molecule has 0 bridgehead atoms. The van der Waals surface area contributed by atoms with E-state index < -0.39 is 11.7 Å². The predicted molar refractivity (Wildman–Crippen MR) is 164 cm³/mol. The summed E-state index contributed by atoms with van der Waals surface area (Å²) in [6, 6.07) is 32.1. The Morgan fingerprint density at radius 1 is 0.591 bits per heavy atom. The third-order valence-corrected chi connectivity index (χ3v) is 7.26. The zero-order valence-electron chi connectivity index (χ0n) is 23.4. The first-order chi connectivity index (χ1) is 21.3. The third kappa shape index (κ3) is 5.20. The lowest BCUT2D eigenvalue weighted by atomic mass is 10.1. The second-order valence-electron chi connectivity index (χ2n) is 10.3. The minimum atomic E-state index is -4.44. The molecule has 7 aromatic rings. The molecular formula is C35H23F3N6. The van der Waals surface area contributed by atoms with Crippen LogP contribution in [0.4, 0.5) is 13.2 Å². The molecule has 3 heterocycles. The van der Waals surface area contributed by atoms with Gasteiger partial charge < -0.3 is 0 Å². The predicted octanol–water partition coefficient (Wildman–Crippen LogP) is 8.60. The molecule has 4 aromatic carbocycles. The van der Waals surface area contributed by atoms with E-state index in [1.807, 2.05) is 91.9 Å². The highest BCUT2D eigenvalue weighted by Crippen LogP contribution is 2.33. The van der Waals surface area contributed by atoms with Gasteiger partial charge >= 0.3 is 6.18 Å². The lowest BCUT2D eigenvalue weighted by molar-refractivity contribution is -0.137. The number of hydrogen-bond donors (Lipinski definition) is 0. The summed E-state index contributed by atoms with van der Waals surface area (Å²) in [6.45, 7) is 1.99. The molecule has 0 aliphatic carbocycles. The van der Waals surface area contributed by atoms with Crippen LogP contribution in [-0.2, 0) is 6.18 Å². The Kier molecular flexibility index (Phi) is 6.70. The Morgan fingerprint density at radius 3 is 1.89 bits per heavy atom. The van der Waals surface area contributed by atoms with Crippen molar-refractivity contribution in [3.63, 3.8) is 0 Å². The van der Waals surface area contributed by atoms with Gasteiger partial charge in [0.25, 0.3) is 0 Å². The molecule has 7 rings (SSSR count). The Morgan fingerprint density at radius 2 is 1.23 bits per heavy atom. The molecular weight excluding hydrogens is 561 g/mol. The van der Waals surface area contributed by atoms with Crippen molar-refractivity contribution in [3.05, 3.63) is 133 Å². The first-order valence-corrected chi connectivity index (χ1v) is 13.8. The van der Waals surface area contributed by atoms with Crippen molar-refractivity contribution >= 4 is 11.0 Å². The van der Waals surface area contributed by atoms with Gasteiger partial charge in [-0.15, -0.1) is 0 Å². The number of nitrogens with zero attached hydrogens (tertiary/aromatic N) is 6. The Bertz CT molecular complexity index is 2100. The molecule has 0 radical (unpaired) electrons. The van der Waals surface area contributed by atoms with Gasteiger partial charge in [-0.3, -0.25) is 9.55 Å². The number of benzene rings is 4. The molecule has 6 nitrogen and oxygen atoms in total. The average molecular weight is 585 g/mol. The number of fused-ring (bicyclic) bond motifs is 1. The van der Waals surface area contributed by atoms with Crippen molar-refractivity contribution in [2.24, 2.45) is 0 Å². The number of imidazole rings is 1. The monoisotopic (exact) mass is 584 g/mol.